The number of H-pyrrole nitrogens is 1. The van der Waals surface area contributed by atoms with Gasteiger partial charge in [-0.05, 0) is 23.8 Å². The lowest BCUT2D eigenvalue weighted by molar-refractivity contribution is 0.0888. The number of halogens is 1. The number of aryl methyl sites for hydroxylation is 1. The van der Waals surface area contributed by atoms with E-state index in [9.17, 15) is 9.90 Å². The molecule has 1 fully saturated rings. The lowest BCUT2D eigenvalue weighted by atomic mass is 9.99. The van der Waals surface area contributed by atoms with Crippen molar-refractivity contribution in [1.82, 2.24) is 35.4 Å². The molecule has 1 aliphatic heterocycles. The third-order valence-electron chi connectivity index (χ3n) is 6.39. The molecule has 1 aromatic carbocycles. The van der Waals surface area contributed by atoms with Crippen LogP contribution in [0.5, 0.6) is 0 Å². The van der Waals surface area contributed by atoms with Crippen LogP contribution < -0.4 is 10.6 Å². The highest BCUT2D eigenvalue weighted by atomic mass is 19.1. The van der Waals surface area contributed by atoms with Crippen molar-refractivity contribution >= 4 is 27.8 Å². The highest BCUT2D eigenvalue weighted by Gasteiger charge is 2.26. The minimum Gasteiger partial charge on any atom is -0.390 e. The van der Waals surface area contributed by atoms with Crippen LogP contribution in [-0.2, 0) is 7.05 Å². The second-order valence-corrected chi connectivity index (χ2v) is 8.73. The molecule has 0 spiro atoms. The molecule has 0 radical (unpaired) electrons. The van der Waals surface area contributed by atoms with E-state index in [0.29, 0.717) is 40.8 Å². The molecular weight excluding hydrogens is 449 g/mol. The smallest absolute Gasteiger partial charge is 0.251 e. The van der Waals surface area contributed by atoms with Gasteiger partial charge >= 0.3 is 0 Å². The van der Waals surface area contributed by atoms with Gasteiger partial charge in [-0.25, -0.2) is 9.37 Å². The summed E-state index contributed by atoms with van der Waals surface area (Å²) in [4.78, 5) is 24.6. The van der Waals surface area contributed by atoms with Crippen molar-refractivity contribution < 1.29 is 14.3 Å². The number of amides is 1. The summed E-state index contributed by atoms with van der Waals surface area (Å²) >= 11 is 0. The number of hydrogen-bond donors (Lipinski definition) is 4. The molecule has 10 heteroatoms. The summed E-state index contributed by atoms with van der Waals surface area (Å²) in [5.74, 6) is -0.751. The van der Waals surface area contributed by atoms with E-state index in [1.807, 2.05) is 19.3 Å². The van der Waals surface area contributed by atoms with Gasteiger partial charge in [-0.2, -0.15) is 5.10 Å². The standard InChI is InChI=1S/C25H22FN7O2/c1-33-12-15(7-30-33)18-6-16-19(10-28-18)31-24-23(16)22(17(26)8-29-24)13-2-4-14(5-3-13)25(35)32-20-9-27-11-21(20)34/h2-8,10,12,20-21,27,34H,9,11H2,1H3,(H,29,31)(H,32,35)/t20-,21-/m0/s1. The number of nitrogens with one attached hydrogen (secondary N) is 3. The summed E-state index contributed by atoms with van der Waals surface area (Å²) in [5, 5.41) is 21.4. The number of benzene rings is 1. The van der Waals surface area contributed by atoms with Gasteiger partial charge in [0.25, 0.3) is 5.91 Å². The normalized spacial score (nSPS) is 17.9. The zero-order chi connectivity index (χ0) is 24.1. The van der Waals surface area contributed by atoms with Crippen molar-refractivity contribution in [3.8, 4) is 22.4 Å². The molecule has 1 saturated heterocycles. The summed E-state index contributed by atoms with van der Waals surface area (Å²) < 4.78 is 16.9. The number of aromatic nitrogens is 5. The number of aromatic amines is 1. The van der Waals surface area contributed by atoms with E-state index >= 15 is 4.39 Å². The molecule has 2 atom stereocenters. The summed E-state index contributed by atoms with van der Waals surface area (Å²) in [6.07, 6.45) is 5.88. The SMILES string of the molecule is Cn1cc(-c2cc3c(cn2)[nH]c2ncc(F)c(-c4ccc(C(=O)N[C@H]5CNC[C@@H]5O)cc4)c23)cn1. The van der Waals surface area contributed by atoms with Crippen LogP contribution in [0.3, 0.4) is 0 Å². The van der Waals surface area contributed by atoms with Crippen molar-refractivity contribution in [2.75, 3.05) is 13.1 Å². The number of carbonyl (C=O) groups excluding carboxylic acids is 1. The number of pyridine rings is 2. The number of aliphatic hydroxyl groups excluding tert-OH is 1. The van der Waals surface area contributed by atoms with Crippen LogP contribution in [0.1, 0.15) is 10.4 Å². The Kier molecular flexibility index (Phi) is 5.05. The van der Waals surface area contributed by atoms with E-state index in [2.05, 4.69) is 30.7 Å². The van der Waals surface area contributed by atoms with Gasteiger partial charge in [0.15, 0.2) is 0 Å². The van der Waals surface area contributed by atoms with Crippen LogP contribution in [0.4, 0.5) is 4.39 Å². The average Bonchev–Trinajstić information content (AvgIpc) is 3.57. The van der Waals surface area contributed by atoms with Gasteiger partial charge in [0.2, 0.25) is 0 Å². The van der Waals surface area contributed by atoms with Crippen molar-refractivity contribution in [3.05, 3.63) is 66.5 Å². The maximum Gasteiger partial charge on any atom is 0.251 e. The van der Waals surface area contributed by atoms with Crippen molar-refractivity contribution in [2.45, 2.75) is 12.1 Å². The zero-order valence-electron chi connectivity index (χ0n) is 18.8. The minimum atomic E-state index is -0.620. The maximum absolute atomic E-state index is 15.2. The fourth-order valence-corrected chi connectivity index (χ4v) is 4.58. The van der Waals surface area contributed by atoms with E-state index in [1.165, 1.54) is 6.20 Å². The van der Waals surface area contributed by atoms with Crippen LogP contribution in [0, 0.1) is 5.82 Å². The largest absolute Gasteiger partial charge is 0.390 e. The number of fused-ring (bicyclic) bond motifs is 3. The van der Waals surface area contributed by atoms with Crippen LogP contribution in [0.15, 0.2) is 55.1 Å². The third-order valence-corrected chi connectivity index (χ3v) is 6.39. The first-order valence-corrected chi connectivity index (χ1v) is 11.2. The number of hydrogen-bond acceptors (Lipinski definition) is 6. The Bertz CT molecular complexity index is 1570. The number of rotatable bonds is 4. The molecule has 6 rings (SSSR count). The van der Waals surface area contributed by atoms with E-state index in [-0.39, 0.29) is 11.9 Å². The van der Waals surface area contributed by atoms with Crippen LogP contribution in [-0.4, -0.2) is 61.0 Å². The lowest BCUT2D eigenvalue weighted by Crippen LogP contribution is -2.42. The molecule has 176 valence electrons. The first-order valence-electron chi connectivity index (χ1n) is 11.2. The Morgan fingerprint density at radius 1 is 1.14 bits per heavy atom. The molecule has 5 aromatic rings. The zero-order valence-corrected chi connectivity index (χ0v) is 18.8. The van der Waals surface area contributed by atoms with Gasteiger partial charge in [-0.15, -0.1) is 0 Å². The molecule has 1 amide bonds. The van der Waals surface area contributed by atoms with Gasteiger partial charge in [0.05, 0.1) is 41.9 Å². The van der Waals surface area contributed by atoms with Crippen molar-refractivity contribution in [3.63, 3.8) is 0 Å². The second kappa shape index (κ2) is 8.26. The fourth-order valence-electron chi connectivity index (χ4n) is 4.58. The average molecular weight is 471 g/mol. The predicted molar refractivity (Wildman–Crippen MR) is 129 cm³/mol. The molecule has 1 aliphatic rings. The number of carbonyl (C=O) groups is 1. The lowest BCUT2D eigenvalue weighted by Gasteiger charge is -2.15. The summed E-state index contributed by atoms with van der Waals surface area (Å²) in [6, 6.07) is 8.31. The summed E-state index contributed by atoms with van der Waals surface area (Å²) in [5.41, 5.74) is 4.31. The van der Waals surface area contributed by atoms with E-state index in [1.54, 1.807) is 41.3 Å². The van der Waals surface area contributed by atoms with Gasteiger partial charge in [-0.3, -0.25) is 14.5 Å². The van der Waals surface area contributed by atoms with Gasteiger partial charge in [-0.1, -0.05) is 12.1 Å². The predicted octanol–water partition coefficient (Wildman–Crippen LogP) is 2.38. The van der Waals surface area contributed by atoms with Crippen LogP contribution in [0.2, 0.25) is 0 Å². The van der Waals surface area contributed by atoms with E-state index in [0.717, 1.165) is 22.2 Å². The van der Waals surface area contributed by atoms with Gasteiger partial charge < -0.3 is 20.7 Å². The monoisotopic (exact) mass is 471 g/mol. The molecule has 0 unspecified atom stereocenters. The first-order chi connectivity index (χ1) is 17.0. The highest BCUT2D eigenvalue weighted by molar-refractivity contribution is 6.13. The Morgan fingerprint density at radius 2 is 1.97 bits per heavy atom. The minimum absolute atomic E-state index is 0.288. The van der Waals surface area contributed by atoms with E-state index in [4.69, 9.17) is 0 Å². The molecule has 4 N–H and O–H groups in total. The fraction of sp³-hybridized carbons (Fsp3) is 0.200. The number of nitrogens with zero attached hydrogens (tertiary/aromatic N) is 4. The van der Waals surface area contributed by atoms with Gasteiger partial charge in [0, 0.05) is 53.8 Å². The second-order valence-electron chi connectivity index (χ2n) is 8.73. The Hall–Kier alpha value is -4.15. The quantitative estimate of drug-likeness (QED) is 0.319. The van der Waals surface area contributed by atoms with E-state index < -0.39 is 11.9 Å². The first kappa shape index (κ1) is 21.4. The summed E-state index contributed by atoms with van der Waals surface area (Å²) in [7, 11) is 1.84. The number of aliphatic hydroxyl groups is 1. The molecule has 9 nitrogen and oxygen atoms in total. The highest BCUT2D eigenvalue weighted by Crippen LogP contribution is 2.36. The maximum atomic E-state index is 15.2. The van der Waals surface area contributed by atoms with Crippen molar-refractivity contribution in [2.24, 2.45) is 7.05 Å². The summed E-state index contributed by atoms with van der Waals surface area (Å²) in [6.45, 7) is 0.964. The molecule has 5 heterocycles. The van der Waals surface area contributed by atoms with Gasteiger partial charge in [0.1, 0.15) is 11.5 Å². The van der Waals surface area contributed by atoms with Crippen LogP contribution in [0.25, 0.3) is 44.3 Å². The molecule has 4 aromatic heterocycles. The third kappa shape index (κ3) is 3.72. The molecule has 0 aliphatic carbocycles. The molecular formula is C25H22FN7O2. The number of β-amino-alcohol motifs (C(OH)–C–C–N with tert-alkyl or cyclic N) is 1. The topological polar surface area (TPSA) is 121 Å². The Morgan fingerprint density at radius 3 is 2.69 bits per heavy atom. The molecule has 0 bridgehead atoms. The Balaban J connectivity index is 1.41. The molecule has 0 saturated carbocycles. The van der Waals surface area contributed by atoms with Crippen molar-refractivity contribution in [1.29, 1.82) is 0 Å². The van der Waals surface area contributed by atoms with Crippen LogP contribution >= 0.6 is 0 Å². The molecule has 35 heavy (non-hydrogen) atoms. The Labute approximate surface area is 199 Å².